The predicted octanol–water partition coefficient (Wildman–Crippen LogP) is 1.88. The normalized spacial score (nSPS) is 9.58. The molecule has 0 radical (unpaired) electrons. The lowest BCUT2D eigenvalue weighted by Crippen LogP contribution is -2.03. The number of methoxy groups -OCH3 is 1. The summed E-state index contributed by atoms with van der Waals surface area (Å²) in [5, 5.41) is 0.0325. The number of carbonyl (C=O) groups excluding carboxylic acids is 1. The standard InChI is InChI=1S/C7H3BrClNO2/c1-12-7(11)5-2-4(8)3-10-6(5)9/h1H3/q-2. The van der Waals surface area contributed by atoms with Crippen LogP contribution >= 0.6 is 27.5 Å². The van der Waals surface area contributed by atoms with Gasteiger partial charge in [-0.3, -0.25) is 6.07 Å². The quantitative estimate of drug-likeness (QED) is 0.433. The van der Waals surface area contributed by atoms with Crippen LogP contribution in [0.3, 0.4) is 0 Å². The summed E-state index contributed by atoms with van der Waals surface area (Å²) in [5.41, 5.74) is 0.102. The van der Waals surface area contributed by atoms with Gasteiger partial charge in [0.15, 0.2) is 5.97 Å². The van der Waals surface area contributed by atoms with E-state index in [2.05, 4.69) is 37.9 Å². The Hall–Kier alpha value is -0.610. The van der Waals surface area contributed by atoms with Gasteiger partial charge in [-0.05, 0) is 0 Å². The second kappa shape index (κ2) is 3.87. The molecule has 0 aliphatic rings. The summed E-state index contributed by atoms with van der Waals surface area (Å²) in [6, 6.07) is 2.62. The SMILES string of the molecule is COC(=O)c1[c-]c(Br)[c-]nc1Cl. The molecule has 3 nitrogen and oxygen atoms in total. The number of esters is 1. The van der Waals surface area contributed by atoms with E-state index in [0.29, 0.717) is 4.47 Å². The van der Waals surface area contributed by atoms with E-state index in [1.807, 2.05) is 0 Å². The van der Waals surface area contributed by atoms with E-state index in [9.17, 15) is 4.79 Å². The molecule has 0 amide bonds. The molecule has 64 valence electrons. The molecule has 1 aromatic heterocycles. The highest BCUT2D eigenvalue weighted by molar-refractivity contribution is 9.10. The summed E-state index contributed by atoms with van der Waals surface area (Å²) < 4.78 is 4.88. The van der Waals surface area contributed by atoms with Crippen molar-refractivity contribution in [1.82, 2.24) is 4.98 Å². The number of hydrogen-bond acceptors (Lipinski definition) is 3. The zero-order valence-electron chi connectivity index (χ0n) is 6.02. The summed E-state index contributed by atoms with van der Waals surface area (Å²) in [5.74, 6) is -0.567. The van der Waals surface area contributed by atoms with Crippen molar-refractivity contribution in [2.24, 2.45) is 0 Å². The van der Waals surface area contributed by atoms with E-state index < -0.39 is 5.97 Å². The van der Waals surface area contributed by atoms with Gasteiger partial charge < -0.3 is 14.5 Å². The maximum absolute atomic E-state index is 11.0. The molecule has 0 unspecified atom stereocenters. The van der Waals surface area contributed by atoms with Gasteiger partial charge in [-0.1, -0.05) is 21.1 Å². The number of ether oxygens (including phenoxy) is 1. The minimum Gasteiger partial charge on any atom is -0.551 e. The highest BCUT2D eigenvalue weighted by Gasteiger charge is 1.91. The van der Waals surface area contributed by atoms with Gasteiger partial charge >= 0.3 is 0 Å². The van der Waals surface area contributed by atoms with Crippen LogP contribution in [-0.2, 0) is 4.74 Å². The fourth-order valence-corrected chi connectivity index (χ4v) is 1.03. The van der Waals surface area contributed by atoms with Crippen molar-refractivity contribution in [3.05, 3.63) is 27.5 Å². The van der Waals surface area contributed by atoms with Gasteiger partial charge in [0.25, 0.3) is 0 Å². The lowest BCUT2D eigenvalue weighted by molar-refractivity contribution is 0.0600. The molecule has 0 saturated heterocycles. The number of halogens is 2. The van der Waals surface area contributed by atoms with E-state index in [1.54, 1.807) is 0 Å². The molecule has 0 aliphatic heterocycles. The van der Waals surface area contributed by atoms with E-state index in [-0.39, 0.29) is 10.7 Å². The van der Waals surface area contributed by atoms with E-state index in [0.717, 1.165) is 0 Å². The molecule has 0 N–H and O–H groups in total. The van der Waals surface area contributed by atoms with Gasteiger partial charge in [-0.25, -0.2) is 0 Å². The summed E-state index contributed by atoms with van der Waals surface area (Å²) in [7, 11) is 1.26. The zero-order valence-corrected chi connectivity index (χ0v) is 8.36. The summed E-state index contributed by atoms with van der Waals surface area (Å²) >= 11 is 8.63. The minimum absolute atomic E-state index is 0.0325. The van der Waals surface area contributed by atoms with Crippen LogP contribution in [0.4, 0.5) is 0 Å². The van der Waals surface area contributed by atoms with Crippen molar-refractivity contribution in [2.45, 2.75) is 0 Å². The van der Waals surface area contributed by atoms with Gasteiger partial charge in [0.1, 0.15) is 0 Å². The van der Waals surface area contributed by atoms with Gasteiger partial charge in [-0.15, -0.1) is 4.47 Å². The number of aromatic nitrogens is 1. The molecule has 0 aliphatic carbocycles. The van der Waals surface area contributed by atoms with Crippen molar-refractivity contribution >= 4 is 33.5 Å². The van der Waals surface area contributed by atoms with Crippen molar-refractivity contribution in [2.75, 3.05) is 7.11 Å². The van der Waals surface area contributed by atoms with E-state index in [1.165, 1.54) is 7.11 Å². The molecule has 1 heterocycles. The monoisotopic (exact) mass is 247 g/mol. The maximum atomic E-state index is 11.0. The molecular formula is C7H3BrClNO2-2. The molecule has 0 saturated carbocycles. The van der Waals surface area contributed by atoms with Crippen LogP contribution < -0.4 is 0 Å². The predicted molar refractivity (Wildman–Crippen MR) is 46.0 cm³/mol. The average Bonchev–Trinajstić information content (AvgIpc) is 2.08. The third-order valence-corrected chi connectivity index (χ3v) is 1.73. The van der Waals surface area contributed by atoms with Crippen LogP contribution in [0.2, 0.25) is 5.15 Å². The number of carbonyl (C=O) groups is 1. The highest BCUT2D eigenvalue weighted by Crippen LogP contribution is 2.17. The first-order valence-corrected chi connectivity index (χ1v) is 4.06. The number of pyridine rings is 1. The summed E-state index contributed by atoms with van der Waals surface area (Å²) in [6.45, 7) is 0. The lowest BCUT2D eigenvalue weighted by atomic mass is 10.3. The average molecular weight is 248 g/mol. The van der Waals surface area contributed by atoms with E-state index in [4.69, 9.17) is 11.6 Å². The number of nitrogens with zero attached hydrogens (tertiary/aromatic N) is 1. The van der Waals surface area contributed by atoms with Crippen LogP contribution in [0.5, 0.6) is 0 Å². The van der Waals surface area contributed by atoms with Crippen LogP contribution in [0.15, 0.2) is 4.47 Å². The third-order valence-electron chi connectivity index (χ3n) is 1.08. The van der Waals surface area contributed by atoms with Crippen LogP contribution in [0.1, 0.15) is 10.4 Å². The van der Waals surface area contributed by atoms with Crippen molar-refractivity contribution in [3.63, 3.8) is 0 Å². The highest BCUT2D eigenvalue weighted by atomic mass is 79.9. The van der Waals surface area contributed by atoms with Crippen molar-refractivity contribution < 1.29 is 9.53 Å². The molecule has 0 fully saturated rings. The molecule has 0 spiro atoms. The minimum atomic E-state index is -0.567. The first-order chi connectivity index (χ1) is 5.65. The fourth-order valence-electron chi connectivity index (χ4n) is 0.581. The number of rotatable bonds is 1. The van der Waals surface area contributed by atoms with Crippen LogP contribution in [-0.4, -0.2) is 18.1 Å². The number of hydrogen-bond donors (Lipinski definition) is 0. The van der Waals surface area contributed by atoms with Crippen molar-refractivity contribution in [1.29, 1.82) is 0 Å². The Bertz CT molecular complexity index is 316. The Morgan fingerprint density at radius 2 is 2.42 bits per heavy atom. The molecule has 1 rings (SSSR count). The maximum Gasteiger partial charge on any atom is 0.160 e. The molecule has 1 aromatic rings. The Labute approximate surface area is 82.8 Å². The van der Waals surface area contributed by atoms with Gasteiger partial charge in [0.2, 0.25) is 0 Å². The zero-order chi connectivity index (χ0) is 9.14. The first kappa shape index (κ1) is 9.48. The molecule has 5 heteroatoms. The van der Waals surface area contributed by atoms with Crippen LogP contribution in [0.25, 0.3) is 0 Å². The second-order valence-corrected chi connectivity index (χ2v) is 2.97. The molecular weight excluding hydrogens is 245 g/mol. The molecule has 0 atom stereocenters. The topological polar surface area (TPSA) is 39.2 Å². The smallest absolute Gasteiger partial charge is 0.160 e. The van der Waals surface area contributed by atoms with Gasteiger partial charge in [0, 0.05) is 0 Å². The Morgan fingerprint density at radius 3 is 3.00 bits per heavy atom. The fraction of sp³-hybridized carbons (Fsp3) is 0.143. The van der Waals surface area contributed by atoms with E-state index >= 15 is 0 Å². The molecule has 0 bridgehead atoms. The summed E-state index contributed by atoms with van der Waals surface area (Å²) in [4.78, 5) is 14.6. The Balaban J connectivity index is 3.13. The first-order valence-electron chi connectivity index (χ1n) is 2.89. The second-order valence-electron chi connectivity index (χ2n) is 1.82. The van der Waals surface area contributed by atoms with Crippen LogP contribution in [0, 0.1) is 12.3 Å². The Morgan fingerprint density at radius 1 is 1.75 bits per heavy atom. The van der Waals surface area contributed by atoms with Crippen molar-refractivity contribution in [3.8, 4) is 0 Å². The largest absolute Gasteiger partial charge is 0.551 e. The van der Waals surface area contributed by atoms with Gasteiger partial charge in [-0.2, -0.15) is 23.4 Å². The van der Waals surface area contributed by atoms with Gasteiger partial charge in [0.05, 0.1) is 7.11 Å². The Kier molecular flexibility index (Phi) is 3.05. The molecule has 0 aromatic carbocycles. The third kappa shape index (κ3) is 1.95. The lowest BCUT2D eigenvalue weighted by Gasteiger charge is -2.19. The summed E-state index contributed by atoms with van der Waals surface area (Å²) in [6.07, 6.45) is 2.49. The molecule has 12 heavy (non-hydrogen) atoms.